The molecule has 2 aliphatic rings. The number of piperidine rings is 1. The quantitative estimate of drug-likeness (QED) is 0.780. The van der Waals surface area contributed by atoms with Crippen LogP contribution in [0.1, 0.15) is 54.4 Å². The molecule has 0 spiro atoms. The van der Waals surface area contributed by atoms with Gasteiger partial charge in [-0.3, -0.25) is 9.69 Å². The molecular weight excluding hydrogens is 364 g/mol. The maximum atomic E-state index is 12.8. The first-order chi connectivity index (χ1) is 14.2. The molecule has 0 saturated carbocycles. The molecule has 3 heterocycles. The first kappa shape index (κ1) is 19.8. The van der Waals surface area contributed by atoms with Gasteiger partial charge in [0.25, 0.3) is 0 Å². The van der Waals surface area contributed by atoms with Gasteiger partial charge in [-0.1, -0.05) is 24.6 Å². The summed E-state index contributed by atoms with van der Waals surface area (Å²) in [4.78, 5) is 26.6. The number of methoxy groups -OCH3 is 1. The van der Waals surface area contributed by atoms with Gasteiger partial charge in [0.2, 0.25) is 5.91 Å². The Morgan fingerprint density at radius 1 is 1.24 bits per heavy atom. The van der Waals surface area contributed by atoms with Crippen LogP contribution in [0.5, 0.6) is 5.75 Å². The third-order valence-electron chi connectivity index (χ3n) is 6.17. The van der Waals surface area contributed by atoms with Crippen LogP contribution in [0.4, 0.5) is 0 Å². The van der Waals surface area contributed by atoms with Crippen molar-refractivity contribution in [1.82, 2.24) is 19.8 Å². The summed E-state index contributed by atoms with van der Waals surface area (Å²) in [6.07, 6.45) is 7.55. The summed E-state index contributed by atoms with van der Waals surface area (Å²) < 4.78 is 5.39. The fourth-order valence-corrected chi connectivity index (χ4v) is 4.42. The molecule has 0 bridgehead atoms. The van der Waals surface area contributed by atoms with Crippen molar-refractivity contribution < 1.29 is 9.53 Å². The number of hydrogen-bond acceptors (Lipinski definition) is 5. The smallest absolute Gasteiger partial charge is 0.223 e. The molecule has 2 aliphatic heterocycles. The topological polar surface area (TPSA) is 58.6 Å². The first-order valence-corrected chi connectivity index (χ1v) is 10.6. The van der Waals surface area contributed by atoms with Gasteiger partial charge in [0.05, 0.1) is 18.8 Å². The second kappa shape index (κ2) is 8.91. The van der Waals surface area contributed by atoms with Crippen LogP contribution >= 0.6 is 0 Å². The largest absolute Gasteiger partial charge is 0.496 e. The number of benzene rings is 1. The van der Waals surface area contributed by atoms with Crippen molar-refractivity contribution in [3.05, 3.63) is 53.1 Å². The lowest BCUT2D eigenvalue weighted by atomic mass is 10.0. The molecule has 0 aliphatic carbocycles. The third-order valence-corrected chi connectivity index (χ3v) is 6.17. The molecule has 1 aromatic heterocycles. The highest BCUT2D eigenvalue weighted by Gasteiger charge is 2.26. The molecule has 6 nitrogen and oxygen atoms in total. The Bertz CT molecular complexity index is 870. The average Bonchev–Trinajstić information content (AvgIpc) is 2.77. The standard InChI is InChI=1S/C23H30N4O2/c1-26-13-6-5-8-20(26)23-24-15-18-16-27(14-12-19(18)25-23)22(28)11-10-17-7-3-4-9-21(17)29-2/h3-4,7,9,15,20H,5-6,8,10-14,16H2,1-2H3/t20-/m1/s1. The number of hydrogen-bond donors (Lipinski definition) is 0. The summed E-state index contributed by atoms with van der Waals surface area (Å²) in [5, 5.41) is 0. The van der Waals surface area contributed by atoms with Crippen LogP contribution in [0, 0.1) is 0 Å². The zero-order valence-electron chi connectivity index (χ0n) is 17.4. The van der Waals surface area contributed by atoms with Gasteiger partial charge >= 0.3 is 0 Å². The Balaban J connectivity index is 1.39. The predicted octanol–water partition coefficient (Wildman–Crippen LogP) is 3.16. The summed E-state index contributed by atoms with van der Waals surface area (Å²) in [6.45, 7) is 2.45. The van der Waals surface area contributed by atoms with E-state index in [1.54, 1.807) is 7.11 Å². The lowest BCUT2D eigenvalue weighted by Gasteiger charge is -2.33. The molecule has 1 aromatic carbocycles. The van der Waals surface area contributed by atoms with Gasteiger partial charge in [0, 0.05) is 37.7 Å². The maximum absolute atomic E-state index is 12.8. The molecule has 0 radical (unpaired) electrons. The molecule has 1 atom stereocenters. The summed E-state index contributed by atoms with van der Waals surface area (Å²) in [5.41, 5.74) is 3.28. The van der Waals surface area contributed by atoms with E-state index >= 15 is 0 Å². The summed E-state index contributed by atoms with van der Waals surface area (Å²) in [6, 6.07) is 8.23. The highest BCUT2D eigenvalue weighted by Crippen LogP contribution is 2.28. The van der Waals surface area contributed by atoms with Gasteiger partial charge in [-0.05, 0) is 44.5 Å². The third kappa shape index (κ3) is 4.42. The molecule has 4 rings (SSSR count). The van der Waals surface area contributed by atoms with E-state index in [1.807, 2.05) is 35.4 Å². The molecule has 2 aromatic rings. The Labute approximate surface area is 172 Å². The van der Waals surface area contributed by atoms with Crippen LogP contribution < -0.4 is 4.74 Å². The van der Waals surface area contributed by atoms with Crippen molar-refractivity contribution in [2.24, 2.45) is 0 Å². The summed E-state index contributed by atoms with van der Waals surface area (Å²) in [5.74, 6) is 1.97. The molecule has 6 heteroatoms. The van der Waals surface area contributed by atoms with Crippen molar-refractivity contribution in [3.8, 4) is 5.75 Å². The van der Waals surface area contributed by atoms with E-state index in [-0.39, 0.29) is 5.91 Å². The minimum atomic E-state index is 0.178. The second-order valence-corrected chi connectivity index (χ2v) is 8.07. The molecule has 1 fully saturated rings. The molecule has 1 amide bonds. The van der Waals surface area contributed by atoms with Gasteiger partial charge in [-0.25, -0.2) is 9.97 Å². The number of amides is 1. The zero-order valence-corrected chi connectivity index (χ0v) is 17.4. The summed E-state index contributed by atoms with van der Waals surface area (Å²) in [7, 11) is 3.83. The number of carbonyl (C=O) groups excluding carboxylic acids is 1. The molecule has 0 N–H and O–H groups in total. The van der Waals surface area contributed by atoms with Gasteiger partial charge in [-0.2, -0.15) is 0 Å². The van der Waals surface area contributed by atoms with Gasteiger partial charge < -0.3 is 9.64 Å². The number of likely N-dealkylation sites (tertiary alicyclic amines) is 1. The van der Waals surface area contributed by atoms with Crippen molar-refractivity contribution in [2.45, 2.75) is 51.1 Å². The number of carbonyl (C=O) groups is 1. The van der Waals surface area contributed by atoms with Crippen molar-refractivity contribution in [3.63, 3.8) is 0 Å². The van der Waals surface area contributed by atoms with Gasteiger partial charge in [-0.15, -0.1) is 0 Å². The van der Waals surface area contributed by atoms with Crippen LogP contribution in [-0.2, 0) is 24.2 Å². The number of nitrogens with zero attached hydrogens (tertiary/aromatic N) is 4. The fraction of sp³-hybridized carbons (Fsp3) is 0.522. The number of aryl methyl sites for hydroxylation is 1. The minimum absolute atomic E-state index is 0.178. The number of fused-ring (bicyclic) bond motifs is 1. The van der Waals surface area contributed by atoms with Crippen molar-refractivity contribution >= 4 is 5.91 Å². The molecule has 154 valence electrons. The van der Waals surface area contributed by atoms with Gasteiger partial charge in [0.15, 0.2) is 0 Å². The Hall–Kier alpha value is -2.47. The van der Waals surface area contributed by atoms with Crippen molar-refractivity contribution in [1.29, 1.82) is 0 Å². The SMILES string of the molecule is COc1ccccc1CCC(=O)N1CCc2nc([C@H]3CCCCN3C)ncc2C1. The van der Waals surface area contributed by atoms with Crippen LogP contribution in [0.15, 0.2) is 30.5 Å². The van der Waals surface area contributed by atoms with E-state index in [4.69, 9.17) is 9.72 Å². The fourth-order valence-electron chi connectivity index (χ4n) is 4.42. The lowest BCUT2D eigenvalue weighted by molar-refractivity contribution is -0.132. The van der Waals surface area contributed by atoms with Crippen LogP contribution in [0.2, 0.25) is 0 Å². The molecule has 1 saturated heterocycles. The highest BCUT2D eigenvalue weighted by atomic mass is 16.5. The number of rotatable bonds is 5. The zero-order chi connectivity index (χ0) is 20.2. The van der Waals surface area contributed by atoms with Crippen LogP contribution in [0.3, 0.4) is 0 Å². The Kier molecular flexibility index (Phi) is 6.09. The first-order valence-electron chi connectivity index (χ1n) is 10.6. The van der Waals surface area contributed by atoms with Crippen LogP contribution in [0.25, 0.3) is 0 Å². The van der Waals surface area contributed by atoms with Crippen LogP contribution in [-0.4, -0.2) is 52.9 Å². The van der Waals surface area contributed by atoms with E-state index in [9.17, 15) is 4.79 Å². The number of ether oxygens (including phenoxy) is 1. The predicted molar refractivity (Wildman–Crippen MR) is 112 cm³/mol. The maximum Gasteiger partial charge on any atom is 0.223 e. The Morgan fingerprint density at radius 2 is 2.10 bits per heavy atom. The molecule has 0 unspecified atom stereocenters. The normalized spacial score (nSPS) is 19.7. The Morgan fingerprint density at radius 3 is 2.93 bits per heavy atom. The lowest BCUT2D eigenvalue weighted by Crippen LogP contribution is -2.37. The van der Waals surface area contributed by atoms with E-state index in [0.29, 0.717) is 25.4 Å². The number of para-hydroxylation sites is 1. The minimum Gasteiger partial charge on any atom is -0.496 e. The monoisotopic (exact) mass is 394 g/mol. The van der Waals surface area contributed by atoms with E-state index in [2.05, 4.69) is 16.9 Å². The van der Waals surface area contributed by atoms with E-state index in [1.165, 1.54) is 12.8 Å². The second-order valence-electron chi connectivity index (χ2n) is 8.07. The molecule has 29 heavy (non-hydrogen) atoms. The van der Waals surface area contributed by atoms with Crippen molar-refractivity contribution in [2.75, 3.05) is 27.2 Å². The summed E-state index contributed by atoms with van der Waals surface area (Å²) >= 11 is 0. The highest BCUT2D eigenvalue weighted by molar-refractivity contribution is 5.76. The van der Waals surface area contributed by atoms with E-state index in [0.717, 1.165) is 54.3 Å². The molecular formula is C23H30N4O2. The average molecular weight is 395 g/mol. The number of aromatic nitrogens is 2. The van der Waals surface area contributed by atoms with Gasteiger partial charge in [0.1, 0.15) is 11.6 Å². The van der Waals surface area contributed by atoms with E-state index < -0.39 is 0 Å².